The summed E-state index contributed by atoms with van der Waals surface area (Å²) in [4.78, 5) is 23.2. The summed E-state index contributed by atoms with van der Waals surface area (Å²) in [6, 6.07) is 11.5. The van der Waals surface area contributed by atoms with Gasteiger partial charge in [-0.05, 0) is 66.0 Å². The number of fused-ring (bicyclic) bond motifs is 1. The topological polar surface area (TPSA) is 84.9 Å². The number of aromatic hydroxyl groups is 1. The van der Waals surface area contributed by atoms with Crippen molar-refractivity contribution in [2.75, 3.05) is 6.61 Å². The van der Waals surface area contributed by atoms with E-state index in [0.29, 0.717) is 18.8 Å². The second-order valence-electron chi connectivity index (χ2n) is 10.6. The van der Waals surface area contributed by atoms with Crippen molar-refractivity contribution in [3.05, 3.63) is 53.1 Å². The van der Waals surface area contributed by atoms with Gasteiger partial charge in [-0.3, -0.25) is 14.9 Å². The third-order valence-electron chi connectivity index (χ3n) is 6.76. The third-order valence-corrected chi connectivity index (χ3v) is 7.75. The third kappa shape index (κ3) is 5.04. The molecule has 2 amide bonds. The molecule has 7 heteroatoms. The molecule has 0 radical (unpaired) electrons. The number of benzene rings is 2. The first kappa shape index (κ1) is 24.5. The summed E-state index contributed by atoms with van der Waals surface area (Å²) in [6.45, 7) is 10.9. The van der Waals surface area contributed by atoms with Crippen molar-refractivity contribution < 1.29 is 24.2 Å². The van der Waals surface area contributed by atoms with Crippen LogP contribution in [-0.2, 0) is 23.1 Å². The lowest BCUT2D eigenvalue weighted by Crippen LogP contribution is -2.49. The van der Waals surface area contributed by atoms with E-state index < -0.39 is 5.60 Å². The van der Waals surface area contributed by atoms with Gasteiger partial charge in [-0.1, -0.05) is 58.5 Å². The minimum absolute atomic E-state index is 0.191. The molecule has 182 valence electrons. The Morgan fingerprint density at radius 3 is 2.50 bits per heavy atom. The van der Waals surface area contributed by atoms with Gasteiger partial charge in [0.2, 0.25) is 5.91 Å². The number of aryl methyl sites for hydroxylation is 1. The van der Waals surface area contributed by atoms with Gasteiger partial charge in [-0.15, -0.1) is 0 Å². The van der Waals surface area contributed by atoms with E-state index in [0.717, 1.165) is 52.8 Å². The maximum atomic E-state index is 11.8. The first-order valence-corrected chi connectivity index (χ1v) is 12.6. The molecule has 1 fully saturated rings. The Hall–Kier alpha value is -2.67. The molecule has 2 unspecified atom stereocenters. The predicted molar refractivity (Wildman–Crippen MR) is 134 cm³/mol. The highest BCUT2D eigenvalue weighted by atomic mass is 32.2. The molecular formula is C27H33NO5S. The summed E-state index contributed by atoms with van der Waals surface area (Å²) in [5.74, 6) is 1.87. The quantitative estimate of drug-likeness (QED) is 0.574. The number of rotatable bonds is 6. The second kappa shape index (κ2) is 9.17. The van der Waals surface area contributed by atoms with Crippen LogP contribution in [0.4, 0.5) is 4.79 Å². The largest absolute Gasteiger partial charge is 0.508 e. The molecule has 2 aliphatic heterocycles. The number of amides is 2. The van der Waals surface area contributed by atoms with Crippen molar-refractivity contribution in [1.82, 2.24) is 5.32 Å². The van der Waals surface area contributed by atoms with Crippen LogP contribution in [0.25, 0.3) is 0 Å². The number of imide groups is 1. The Morgan fingerprint density at radius 1 is 1.21 bits per heavy atom. The first-order chi connectivity index (χ1) is 16.0. The minimum Gasteiger partial charge on any atom is -0.508 e. The van der Waals surface area contributed by atoms with Crippen LogP contribution < -0.4 is 14.8 Å². The average Bonchev–Trinajstić information content (AvgIpc) is 3.08. The Bertz CT molecular complexity index is 1090. The van der Waals surface area contributed by atoms with Crippen LogP contribution in [0.1, 0.15) is 57.7 Å². The van der Waals surface area contributed by atoms with Crippen LogP contribution >= 0.6 is 11.8 Å². The molecule has 2 heterocycles. The number of ether oxygens (including phenoxy) is 2. The number of phenols is 1. The van der Waals surface area contributed by atoms with Gasteiger partial charge in [-0.25, -0.2) is 0 Å². The van der Waals surface area contributed by atoms with Crippen molar-refractivity contribution in [3.8, 4) is 17.2 Å². The molecule has 0 bridgehead atoms. The molecule has 2 aromatic carbocycles. The van der Waals surface area contributed by atoms with E-state index in [9.17, 15) is 14.7 Å². The monoisotopic (exact) mass is 483 g/mol. The molecule has 0 aromatic heterocycles. The summed E-state index contributed by atoms with van der Waals surface area (Å²) >= 11 is 1.04. The fraction of sp³-hybridized carbons (Fsp3) is 0.481. The Kier molecular flexibility index (Phi) is 6.60. The number of thioether (sulfide) groups is 1. The van der Waals surface area contributed by atoms with Crippen molar-refractivity contribution in [3.63, 3.8) is 0 Å². The van der Waals surface area contributed by atoms with Gasteiger partial charge in [-0.2, -0.15) is 0 Å². The summed E-state index contributed by atoms with van der Waals surface area (Å²) in [6.07, 6.45) is 2.11. The van der Waals surface area contributed by atoms with E-state index >= 15 is 0 Å². The van der Waals surface area contributed by atoms with E-state index in [4.69, 9.17) is 9.47 Å². The zero-order chi connectivity index (χ0) is 24.7. The number of hydrogen-bond acceptors (Lipinski definition) is 6. The Morgan fingerprint density at radius 2 is 1.91 bits per heavy atom. The molecule has 0 aliphatic carbocycles. The lowest BCUT2D eigenvalue weighted by atomic mass is 9.80. The highest BCUT2D eigenvalue weighted by Gasteiger charge is 2.41. The van der Waals surface area contributed by atoms with Crippen molar-refractivity contribution in [2.45, 2.75) is 70.1 Å². The van der Waals surface area contributed by atoms with Crippen LogP contribution in [0, 0.1) is 5.92 Å². The zero-order valence-electron chi connectivity index (χ0n) is 20.4. The minimum atomic E-state index is -0.475. The Labute approximate surface area is 205 Å². The fourth-order valence-electron chi connectivity index (χ4n) is 4.46. The molecule has 34 heavy (non-hydrogen) atoms. The smallest absolute Gasteiger partial charge is 0.286 e. The van der Waals surface area contributed by atoms with E-state index in [-0.39, 0.29) is 27.7 Å². The summed E-state index contributed by atoms with van der Waals surface area (Å²) < 4.78 is 12.8. The molecule has 2 aliphatic rings. The number of phenolic OH excluding ortho intramolecular Hbond substituents is 1. The average molecular weight is 484 g/mol. The Balaban J connectivity index is 1.46. The molecule has 4 rings (SSSR count). The highest BCUT2D eigenvalue weighted by Crippen LogP contribution is 2.43. The number of hydrogen-bond donors (Lipinski definition) is 2. The van der Waals surface area contributed by atoms with Crippen molar-refractivity contribution >= 4 is 22.9 Å². The molecule has 2 N–H and O–H groups in total. The highest BCUT2D eigenvalue weighted by molar-refractivity contribution is 8.15. The van der Waals surface area contributed by atoms with Gasteiger partial charge >= 0.3 is 0 Å². The van der Waals surface area contributed by atoms with Crippen LogP contribution in [0.3, 0.4) is 0 Å². The number of carbonyl (C=O) groups is 2. The molecule has 2 aromatic rings. The van der Waals surface area contributed by atoms with Crippen LogP contribution in [0.15, 0.2) is 36.4 Å². The van der Waals surface area contributed by atoms with E-state index in [2.05, 4.69) is 39.9 Å². The predicted octanol–water partition coefficient (Wildman–Crippen LogP) is 5.38. The summed E-state index contributed by atoms with van der Waals surface area (Å²) in [7, 11) is 0. The van der Waals surface area contributed by atoms with Crippen LogP contribution in [0.5, 0.6) is 17.2 Å². The lowest BCUT2D eigenvalue weighted by Gasteiger charge is -2.42. The maximum Gasteiger partial charge on any atom is 0.286 e. The standard InChI is InChI=1S/C27H33NO5S/c1-16(2)27(11-10-18-13-21(29)20(26(3,4)5)14-22(18)33-27)15-32-19-8-6-17(7-9-19)12-23-24(30)28-25(31)34-23/h6-9,13-14,16,23,29H,10-12,15H2,1-5H3,(H,28,30,31). The summed E-state index contributed by atoms with van der Waals surface area (Å²) in [5, 5.41) is 12.2. The molecule has 2 atom stereocenters. The van der Waals surface area contributed by atoms with E-state index in [1.807, 2.05) is 36.4 Å². The number of carbonyl (C=O) groups excluding carboxylic acids is 2. The van der Waals surface area contributed by atoms with Gasteiger partial charge in [0.15, 0.2) is 0 Å². The molecule has 6 nitrogen and oxygen atoms in total. The van der Waals surface area contributed by atoms with Crippen molar-refractivity contribution in [1.29, 1.82) is 0 Å². The normalized spacial score (nSPS) is 22.4. The summed E-state index contributed by atoms with van der Waals surface area (Å²) in [5.41, 5.74) is 2.21. The van der Waals surface area contributed by atoms with Gasteiger partial charge in [0.25, 0.3) is 5.24 Å². The van der Waals surface area contributed by atoms with Gasteiger partial charge in [0.05, 0.1) is 5.25 Å². The molecule has 0 spiro atoms. The van der Waals surface area contributed by atoms with Gasteiger partial charge < -0.3 is 14.6 Å². The molecular weight excluding hydrogens is 450 g/mol. The van der Waals surface area contributed by atoms with Crippen LogP contribution in [0.2, 0.25) is 0 Å². The number of nitrogens with one attached hydrogen (secondary N) is 1. The van der Waals surface area contributed by atoms with Crippen molar-refractivity contribution in [2.24, 2.45) is 5.92 Å². The zero-order valence-corrected chi connectivity index (χ0v) is 21.3. The second-order valence-corrected chi connectivity index (χ2v) is 11.7. The molecule has 1 saturated heterocycles. The first-order valence-electron chi connectivity index (χ1n) is 11.8. The lowest BCUT2D eigenvalue weighted by molar-refractivity contribution is -0.118. The van der Waals surface area contributed by atoms with Gasteiger partial charge in [0, 0.05) is 5.56 Å². The van der Waals surface area contributed by atoms with E-state index in [1.165, 1.54) is 0 Å². The fourth-order valence-corrected chi connectivity index (χ4v) is 5.32. The van der Waals surface area contributed by atoms with Gasteiger partial charge in [0.1, 0.15) is 29.5 Å². The maximum absolute atomic E-state index is 11.8. The van der Waals surface area contributed by atoms with Crippen LogP contribution in [-0.4, -0.2) is 33.7 Å². The van der Waals surface area contributed by atoms with E-state index in [1.54, 1.807) is 0 Å². The SMILES string of the molecule is CC(C)C1(COc2ccc(CC3SC(=O)NC3=O)cc2)CCc2cc(O)c(C(C)(C)C)cc2O1. The molecule has 0 saturated carbocycles.